The third kappa shape index (κ3) is 2.90. The summed E-state index contributed by atoms with van der Waals surface area (Å²) < 4.78 is 0. The van der Waals surface area contributed by atoms with Crippen molar-refractivity contribution >= 4 is 23.2 Å². The summed E-state index contributed by atoms with van der Waals surface area (Å²) in [5.74, 6) is 0. The van der Waals surface area contributed by atoms with Crippen LogP contribution in [0.5, 0.6) is 0 Å². The van der Waals surface area contributed by atoms with Gasteiger partial charge >= 0.3 is 0 Å². The Morgan fingerprint density at radius 1 is 1.11 bits per heavy atom. The molecule has 1 aliphatic heterocycles. The first-order valence-corrected chi connectivity index (χ1v) is 6.32. The maximum Gasteiger partial charge on any atom is 0.0944 e. The molecule has 0 radical (unpaired) electrons. The number of halogens is 1. The van der Waals surface area contributed by atoms with Crippen LogP contribution in [0.4, 0.5) is 0 Å². The number of hydrogen-bond acceptors (Lipinski definition) is 3. The zero-order valence-electron chi connectivity index (χ0n) is 10.5. The molecule has 2 aromatic rings. The van der Waals surface area contributed by atoms with Gasteiger partial charge in [-0.2, -0.15) is 0 Å². The summed E-state index contributed by atoms with van der Waals surface area (Å²) in [7, 11) is 0. The molecule has 3 atom stereocenters. The van der Waals surface area contributed by atoms with E-state index in [0.29, 0.717) is 13.0 Å². The van der Waals surface area contributed by atoms with Crippen molar-refractivity contribution in [1.29, 1.82) is 0 Å². The van der Waals surface area contributed by atoms with E-state index in [1.165, 1.54) is 5.39 Å². The van der Waals surface area contributed by atoms with E-state index in [4.69, 9.17) is 0 Å². The molecule has 0 bridgehead atoms. The second-order valence-corrected chi connectivity index (χ2v) is 4.96. The molecule has 0 aromatic heterocycles. The molecule has 3 rings (SSSR count). The van der Waals surface area contributed by atoms with E-state index < -0.39 is 6.10 Å². The summed E-state index contributed by atoms with van der Waals surface area (Å²) in [4.78, 5) is 0. The largest absolute Gasteiger partial charge is 0.392 e. The third-order valence-corrected chi connectivity index (χ3v) is 3.64. The van der Waals surface area contributed by atoms with Crippen LogP contribution < -0.4 is 5.32 Å². The predicted octanol–water partition coefficient (Wildman–Crippen LogP) is 2.02. The van der Waals surface area contributed by atoms with Crippen molar-refractivity contribution in [3.63, 3.8) is 0 Å². The normalized spacial score (nSPS) is 24.1. The Hall–Kier alpha value is -1.13. The third-order valence-electron chi connectivity index (χ3n) is 3.64. The van der Waals surface area contributed by atoms with E-state index in [-0.39, 0.29) is 24.6 Å². The quantitative estimate of drug-likeness (QED) is 0.788. The highest BCUT2D eigenvalue weighted by Crippen LogP contribution is 2.26. The first kappa shape index (κ1) is 14.3. The highest BCUT2D eigenvalue weighted by atomic mass is 35.5. The Morgan fingerprint density at radius 2 is 1.84 bits per heavy atom. The molecule has 19 heavy (non-hydrogen) atoms. The van der Waals surface area contributed by atoms with Crippen LogP contribution in [0, 0.1) is 0 Å². The molecule has 1 unspecified atom stereocenters. The van der Waals surface area contributed by atoms with Crippen molar-refractivity contribution < 1.29 is 10.2 Å². The summed E-state index contributed by atoms with van der Waals surface area (Å²) in [6.45, 7) is 0.565. The van der Waals surface area contributed by atoms with Crippen LogP contribution in [-0.2, 0) is 0 Å². The Kier molecular flexibility index (Phi) is 4.42. The summed E-state index contributed by atoms with van der Waals surface area (Å²) in [6.07, 6.45) is -0.301. The smallest absolute Gasteiger partial charge is 0.0944 e. The van der Waals surface area contributed by atoms with E-state index in [2.05, 4.69) is 11.4 Å². The Labute approximate surface area is 118 Å². The minimum absolute atomic E-state index is 0. The lowest BCUT2D eigenvalue weighted by molar-refractivity contribution is 0.126. The molecular formula is C15H18ClNO2. The highest BCUT2D eigenvalue weighted by molar-refractivity contribution is 5.85. The summed E-state index contributed by atoms with van der Waals surface area (Å²) in [6, 6.07) is 14.1. The predicted molar refractivity (Wildman–Crippen MR) is 78.6 cm³/mol. The standard InChI is InChI=1S/C15H17NO2.ClH/c17-13-8-14(16-9-13)15(18)12-6-5-10-3-1-2-4-11(10)7-12;/h1-7,13-18H,8-9H2;1H/t13-,14+,15?;/m1./s1. The fraction of sp³-hybridized carbons (Fsp3) is 0.333. The average Bonchev–Trinajstić information content (AvgIpc) is 2.84. The van der Waals surface area contributed by atoms with E-state index in [0.717, 1.165) is 10.9 Å². The molecular weight excluding hydrogens is 262 g/mol. The van der Waals surface area contributed by atoms with Gasteiger partial charge in [-0.05, 0) is 28.8 Å². The van der Waals surface area contributed by atoms with Crippen LogP contribution in [0.2, 0.25) is 0 Å². The first-order chi connectivity index (χ1) is 8.74. The molecule has 1 saturated heterocycles. The van der Waals surface area contributed by atoms with Gasteiger partial charge in [0, 0.05) is 12.6 Å². The first-order valence-electron chi connectivity index (χ1n) is 6.32. The van der Waals surface area contributed by atoms with Crippen LogP contribution in [0.25, 0.3) is 10.8 Å². The number of aliphatic hydroxyl groups excluding tert-OH is 2. The fourth-order valence-electron chi connectivity index (χ4n) is 2.61. The molecule has 3 N–H and O–H groups in total. The summed E-state index contributed by atoms with van der Waals surface area (Å²) in [5.41, 5.74) is 0.903. The minimum atomic E-state index is -0.563. The lowest BCUT2D eigenvalue weighted by Crippen LogP contribution is -2.28. The lowest BCUT2D eigenvalue weighted by atomic mass is 9.98. The maximum absolute atomic E-state index is 10.3. The van der Waals surface area contributed by atoms with Crippen LogP contribution >= 0.6 is 12.4 Å². The van der Waals surface area contributed by atoms with E-state index in [9.17, 15) is 10.2 Å². The van der Waals surface area contributed by atoms with Gasteiger partial charge in [0.25, 0.3) is 0 Å². The van der Waals surface area contributed by atoms with Crippen molar-refractivity contribution in [2.75, 3.05) is 6.54 Å². The van der Waals surface area contributed by atoms with Gasteiger partial charge in [-0.1, -0.05) is 36.4 Å². The van der Waals surface area contributed by atoms with Crippen molar-refractivity contribution in [2.24, 2.45) is 0 Å². The second kappa shape index (κ2) is 5.88. The SMILES string of the molecule is Cl.OC(c1ccc2ccccc2c1)[C@@H]1C[C@@H](O)CN1. The number of β-amino-alcohol motifs (C(OH)–C–C–N with tert-alkyl or cyclic N) is 1. The minimum Gasteiger partial charge on any atom is -0.392 e. The Bertz CT molecular complexity index is 561. The Morgan fingerprint density at radius 3 is 2.53 bits per heavy atom. The highest BCUT2D eigenvalue weighted by Gasteiger charge is 2.28. The van der Waals surface area contributed by atoms with Crippen LogP contribution in [0.15, 0.2) is 42.5 Å². The number of fused-ring (bicyclic) bond motifs is 1. The van der Waals surface area contributed by atoms with Gasteiger partial charge in [0.2, 0.25) is 0 Å². The van der Waals surface area contributed by atoms with Crippen LogP contribution in [0.1, 0.15) is 18.1 Å². The van der Waals surface area contributed by atoms with Crippen LogP contribution in [0.3, 0.4) is 0 Å². The maximum atomic E-state index is 10.3. The van der Waals surface area contributed by atoms with Crippen LogP contribution in [-0.4, -0.2) is 28.9 Å². The molecule has 1 aliphatic rings. The van der Waals surface area contributed by atoms with Gasteiger partial charge < -0.3 is 15.5 Å². The number of nitrogens with one attached hydrogen (secondary N) is 1. The van der Waals surface area contributed by atoms with Gasteiger partial charge in [0.05, 0.1) is 12.2 Å². The molecule has 0 saturated carbocycles. The average molecular weight is 280 g/mol. The molecule has 1 heterocycles. The molecule has 2 aromatic carbocycles. The van der Waals surface area contributed by atoms with Gasteiger partial charge in [0.1, 0.15) is 0 Å². The van der Waals surface area contributed by atoms with E-state index in [1.54, 1.807) is 0 Å². The summed E-state index contributed by atoms with van der Waals surface area (Å²) in [5, 5.41) is 25.3. The molecule has 4 heteroatoms. The number of benzene rings is 2. The number of aliphatic hydroxyl groups is 2. The molecule has 0 aliphatic carbocycles. The van der Waals surface area contributed by atoms with Crippen molar-refractivity contribution in [3.8, 4) is 0 Å². The number of rotatable bonds is 2. The van der Waals surface area contributed by atoms with Crippen molar-refractivity contribution in [1.82, 2.24) is 5.32 Å². The van der Waals surface area contributed by atoms with Gasteiger partial charge in [-0.25, -0.2) is 0 Å². The molecule has 3 nitrogen and oxygen atoms in total. The summed E-state index contributed by atoms with van der Waals surface area (Å²) >= 11 is 0. The van der Waals surface area contributed by atoms with E-state index >= 15 is 0 Å². The Balaban J connectivity index is 0.00000133. The zero-order chi connectivity index (χ0) is 12.5. The van der Waals surface area contributed by atoms with Crippen molar-refractivity contribution in [2.45, 2.75) is 24.7 Å². The number of hydrogen-bond donors (Lipinski definition) is 3. The van der Waals surface area contributed by atoms with Crippen molar-refractivity contribution in [3.05, 3.63) is 48.0 Å². The molecule has 1 fully saturated rings. The second-order valence-electron chi connectivity index (χ2n) is 4.96. The lowest BCUT2D eigenvalue weighted by Gasteiger charge is -2.19. The van der Waals surface area contributed by atoms with E-state index in [1.807, 2.05) is 36.4 Å². The molecule has 0 amide bonds. The fourth-order valence-corrected chi connectivity index (χ4v) is 2.61. The van der Waals surface area contributed by atoms with Gasteiger partial charge in [-0.3, -0.25) is 0 Å². The topological polar surface area (TPSA) is 52.5 Å². The molecule has 0 spiro atoms. The monoisotopic (exact) mass is 279 g/mol. The molecule has 102 valence electrons. The van der Waals surface area contributed by atoms with Gasteiger partial charge in [-0.15, -0.1) is 12.4 Å². The zero-order valence-corrected chi connectivity index (χ0v) is 11.3. The van der Waals surface area contributed by atoms with Gasteiger partial charge in [0.15, 0.2) is 0 Å².